The Morgan fingerprint density at radius 3 is 2.61 bits per heavy atom. The van der Waals surface area contributed by atoms with Gasteiger partial charge >= 0.3 is 0 Å². The highest BCUT2D eigenvalue weighted by Crippen LogP contribution is 2.30. The standard InChI is InChI=1S/C20H23FN4O2.HI/c1-4-23-20(24-13-15-10-14(12-22)6-8-17(15)21)25-16-7-9-18(27-5-2)19(11-16)26-3;/h6-11H,4-5,13H2,1-3H3,(H2,23,24,25);1H. The van der Waals surface area contributed by atoms with Crippen LogP contribution in [0.1, 0.15) is 25.0 Å². The van der Waals surface area contributed by atoms with Crippen LogP contribution in [0.15, 0.2) is 41.4 Å². The summed E-state index contributed by atoms with van der Waals surface area (Å²) >= 11 is 0. The average molecular weight is 498 g/mol. The number of methoxy groups -OCH3 is 1. The molecule has 2 rings (SSSR count). The zero-order valence-electron chi connectivity index (χ0n) is 16.1. The van der Waals surface area contributed by atoms with E-state index >= 15 is 0 Å². The van der Waals surface area contributed by atoms with Crippen molar-refractivity contribution in [2.24, 2.45) is 4.99 Å². The molecular weight excluding hydrogens is 474 g/mol. The van der Waals surface area contributed by atoms with Gasteiger partial charge in [-0.25, -0.2) is 9.38 Å². The summed E-state index contributed by atoms with van der Waals surface area (Å²) in [6, 6.07) is 11.7. The second kappa shape index (κ2) is 12.0. The van der Waals surface area contributed by atoms with Crippen molar-refractivity contribution in [2.75, 3.05) is 25.6 Å². The van der Waals surface area contributed by atoms with E-state index in [1.165, 1.54) is 18.2 Å². The number of nitrogens with one attached hydrogen (secondary N) is 2. The molecule has 0 aromatic heterocycles. The van der Waals surface area contributed by atoms with E-state index in [1.807, 2.05) is 32.0 Å². The fraction of sp³-hybridized carbons (Fsp3) is 0.300. The Hall–Kier alpha value is -2.54. The lowest BCUT2D eigenvalue weighted by molar-refractivity contribution is 0.311. The van der Waals surface area contributed by atoms with E-state index < -0.39 is 5.82 Å². The van der Waals surface area contributed by atoms with E-state index in [0.717, 1.165) is 5.69 Å². The summed E-state index contributed by atoms with van der Waals surface area (Å²) in [5.41, 5.74) is 1.51. The smallest absolute Gasteiger partial charge is 0.196 e. The van der Waals surface area contributed by atoms with Crippen molar-refractivity contribution in [1.29, 1.82) is 5.26 Å². The Bertz CT molecular complexity index is 853. The normalized spacial score (nSPS) is 10.5. The third-order valence-electron chi connectivity index (χ3n) is 3.65. The number of anilines is 1. The number of benzene rings is 2. The molecule has 6 nitrogen and oxygen atoms in total. The topological polar surface area (TPSA) is 78.7 Å². The van der Waals surface area contributed by atoms with Crippen LogP contribution in [0.5, 0.6) is 11.5 Å². The Balaban J connectivity index is 0.00000392. The van der Waals surface area contributed by atoms with Crippen molar-refractivity contribution >= 4 is 35.6 Å². The molecule has 2 aromatic carbocycles. The maximum atomic E-state index is 13.9. The SMILES string of the molecule is CCNC(=NCc1cc(C#N)ccc1F)Nc1ccc(OCC)c(OC)c1.I. The van der Waals surface area contributed by atoms with Crippen LogP contribution in [0.2, 0.25) is 0 Å². The molecule has 2 N–H and O–H groups in total. The molecule has 28 heavy (non-hydrogen) atoms. The van der Waals surface area contributed by atoms with Crippen molar-refractivity contribution in [3.05, 3.63) is 53.3 Å². The monoisotopic (exact) mass is 498 g/mol. The van der Waals surface area contributed by atoms with Gasteiger partial charge in [0.25, 0.3) is 0 Å². The van der Waals surface area contributed by atoms with Gasteiger partial charge in [-0.3, -0.25) is 0 Å². The molecule has 0 unspecified atom stereocenters. The number of nitrogens with zero attached hydrogens (tertiary/aromatic N) is 2. The van der Waals surface area contributed by atoms with Crippen molar-refractivity contribution in [3.8, 4) is 17.6 Å². The van der Waals surface area contributed by atoms with Gasteiger partial charge in [0.05, 0.1) is 31.9 Å². The first-order chi connectivity index (χ1) is 13.1. The predicted octanol–water partition coefficient (Wildman–Crippen LogP) is 4.30. The van der Waals surface area contributed by atoms with Gasteiger partial charge in [0, 0.05) is 23.9 Å². The van der Waals surface area contributed by atoms with Gasteiger partial charge in [-0.1, -0.05) is 0 Å². The van der Waals surface area contributed by atoms with Crippen molar-refractivity contribution in [1.82, 2.24) is 5.32 Å². The lowest BCUT2D eigenvalue weighted by atomic mass is 10.1. The summed E-state index contributed by atoms with van der Waals surface area (Å²) in [5.74, 6) is 1.36. The maximum Gasteiger partial charge on any atom is 0.196 e. The fourth-order valence-corrected chi connectivity index (χ4v) is 2.39. The fourth-order valence-electron chi connectivity index (χ4n) is 2.39. The van der Waals surface area contributed by atoms with Crippen LogP contribution in [0, 0.1) is 17.1 Å². The van der Waals surface area contributed by atoms with Crippen molar-refractivity contribution < 1.29 is 13.9 Å². The Morgan fingerprint density at radius 1 is 1.18 bits per heavy atom. The van der Waals surface area contributed by atoms with Gasteiger partial charge in [-0.05, 0) is 44.2 Å². The highest BCUT2D eigenvalue weighted by atomic mass is 127. The molecule has 0 amide bonds. The van der Waals surface area contributed by atoms with Gasteiger partial charge in [0.15, 0.2) is 17.5 Å². The van der Waals surface area contributed by atoms with Crippen molar-refractivity contribution in [2.45, 2.75) is 20.4 Å². The minimum atomic E-state index is -0.392. The highest BCUT2D eigenvalue weighted by Gasteiger charge is 2.08. The number of rotatable bonds is 7. The summed E-state index contributed by atoms with van der Waals surface area (Å²) in [7, 11) is 1.58. The summed E-state index contributed by atoms with van der Waals surface area (Å²) in [4.78, 5) is 4.40. The molecule has 0 saturated heterocycles. The first-order valence-corrected chi connectivity index (χ1v) is 8.65. The molecule has 0 heterocycles. The van der Waals surface area contributed by atoms with Crippen LogP contribution in [-0.2, 0) is 6.54 Å². The molecule has 0 bridgehead atoms. The number of halogens is 2. The lowest BCUT2D eigenvalue weighted by Crippen LogP contribution is -2.30. The van der Waals surface area contributed by atoms with Gasteiger partial charge < -0.3 is 20.1 Å². The Morgan fingerprint density at radius 2 is 1.96 bits per heavy atom. The molecule has 150 valence electrons. The van der Waals surface area contributed by atoms with Crippen LogP contribution in [-0.4, -0.2) is 26.2 Å². The van der Waals surface area contributed by atoms with E-state index in [1.54, 1.807) is 13.2 Å². The lowest BCUT2D eigenvalue weighted by Gasteiger charge is -2.14. The molecule has 0 atom stereocenters. The molecule has 0 aliphatic rings. The Labute approximate surface area is 181 Å². The van der Waals surface area contributed by atoms with Crippen molar-refractivity contribution in [3.63, 3.8) is 0 Å². The first-order valence-electron chi connectivity index (χ1n) is 8.65. The molecule has 0 saturated carbocycles. The zero-order chi connectivity index (χ0) is 19.6. The highest BCUT2D eigenvalue weighted by molar-refractivity contribution is 14.0. The molecule has 0 spiro atoms. The number of aliphatic imine (C=N–C) groups is 1. The molecule has 2 aromatic rings. The number of guanidine groups is 1. The first kappa shape index (κ1) is 23.5. The quantitative estimate of drug-likeness (QED) is 0.338. The van der Waals surface area contributed by atoms with E-state index in [9.17, 15) is 4.39 Å². The number of ether oxygens (including phenoxy) is 2. The van der Waals surface area contributed by atoms with Crippen LogP contribution >= 0.6 is 24.0 Å². The number of hydrogen-bond donors (Lipinski definition) is 2. The van der Waals surface area contributed by atoms with E-state index in [2.05, 4.69) is 15.6 Å². The summed E-state index contributed by atoms with van der Waals surface area (Å²) < 4.78 is 24.8. The summed E-state index contributed by atoms with van der Waals surface area (Å²) in [6.07, 6.45) is 0. The number of nitriles is 1. The third kappa shape index (κ3) is 6.56. The second-order valence-corrected chi connectivity index (χ2v) is 5.54. The Kier molecular flexibility index (Phi) is 10.1. The molecule has 0 radical (unpaired) electrons. The number of hydrogen-bond acceptors (Lipinski definition) is 4. The van der Waals surface area contributed by atoms with Gasteiger partial charge in [-0.15, -0.1) is 24.0 Å². The summed E-state index contributed by atoms with van der Waals surface area (Å²) in [5, 5.41) is 15.2. The molecule has 8 heteroatoms. The van der Waals surface area contributed by atoms with E-state index in [0.29, 0.717) is 41.7 Å². The largest absolute Gasteiger partial charge is 0.493 e. The molecule has 0 aliphatic carbocycles. The minimum absolute atomic E-state index is 0. The van der Waals surface area contributed by atoms with E-state index in [-0.39, 0.29) is 30.5 Å². The zero-order valence-corrected chi connectivity index (χ0v) is 18.4. The van der Waals surface area contributed by atoms with Crippen LogP contribution < -0.4 is 20.1 Å². The molecule has 0 fully saturated rings. The molecule has 0 aliphatic heterocycles. The van der Waals surface area contributed by atoms with Gasteiger partial charge in [-0.2, -0.15) is 5.26 Å². The van der Waals surface area contributed by atoms with Crippen LogP contribution in [0.3, 0.4) is 0 Å². The average Bonchev–Trinajstić information content (AvgIpc) is 2.68. The molecular formula is C20H24FIN4O2. The predicted molar refractivity (Wildman–Crippen MR) is 119 cm³/mol. The second-order valence-electron chi connectivity index (χ2n) is 5.54. The summed E-state index contributed by atoms with van der Waals surface area (Å²) in [6.45, 7) is 5.13. The minimum Gasteiger partial charge on any atom is -0.493 e. The third-order valence-corrected chi connectivity index (χ3v) is 3.65. The van der Waals surface area contributed by atoms with Gasteiger partial charge in [0.1, 0.15) is 5.82 Å². The van der Waals surface area contributed by atoms with Crippen LogP contribution in [0.25, 0.3) is 0 Å². The maximum absolute atomic E-state index is 13.9. The van der Waals surface area contributed by atoms with Crippen LogP contribution in [0.4, 0.5) is 10.1 Å². The van der Waals surface area contributed by atoms with Gasteiger partial charge in [0.2, 0.25) is 0 Å². The van der Waals surface area contributed by atoms with E-state index in [4.69, 9.17) is 14.7 Å².